The predicted molar refractivity (Wildman–Crippen MR) is 500 cm³/mol. The number of methoxy groups -OCH3 is 1. The Kier molecular flexibility index (Phi) is 41.6. The standard InChI is InChI=1S/C39H35F10NO5.C35H35F9N2O5.C31H31F6N3O3.CH4/c1-2-53-34(51)7-5-3-4-6-18-54-30-15-8-24(9-16-30)23-37(26-11-13-28(40)14-12-26,27-20-29(41)22-31(21-27)55-39(48,49)36(43)44)50-35(52)25-10-17-33(42)32(19-25)38(45,46)47;1-22(48-2)25-13-9-24(10-14-25)20-49-28-15-11-23(12-16-28)19-32(46-31(47)45-21-33(36,37)38,26-5-3-7-29(17-26)50-34(39,40)41)27-6-4-8-30(18-27)51-35(42,43)44;1-19(40(2)42-3)21-13-26(14-21)38-29(41)39-30(18-20-7-5-4-6-8-20,22-9-11-24(32)12-10-22)23-15-25(33)17-27(16-23)43-31(36,37)28(34)35;/h8-17,19-22,36H,2-7,18,23H2,1H3,(H,50,52);3-8,11-12,15-18,24-25H,1,9-10,13-14,19-21H2,2H3,(H2,45,46,47);4-12,15-17,21,26,28H,1,13-14,18H2,2-3H3,(H2,38,39,41);1H4/t37-;;21?,26?,30-;/m1.1./s1. The van der Waals surface area contributed by atoms with Crippen LogP contribution >= 0.6 is 0 Å². The second kappa shape index (κ2) is 52.3. The average molecular weight is 2150 g/mol. The van der Waals surface area contributed by atoms with Gasteiger partial charge in [0.05, 0.1) is 62.0 Å². The zero-order valence-corrected chi connectivity index (χ0v) is 79.7. The molecule has 19 nitrogen and oxygen atoms in total. The Bertz CT molecular complexity index is 6040. The van der Waals surface area contributed by atoms with E-state index in [0.29, 0.717) is 98.3 Å². The average Bonchev–Trinajstić information content (AvgIpc) is 0.767. The van der Waals surface area contributed by atoms with Gasteiger partial charge >= 0.3 is 68.2 Å². The Morgan fingerprint density at radius 2 is 0.893 bits per heavy atom. The summed E-state index contributed by atoms with van der Waals surface area (Å²) in [6.07, 6.45) is -31.9. The fourth-order valence-electron chi connectivity index (χ4n) is 16.7. The number of rotatable bonds is 43. The van der Waals surface area contributed by atoms with Crippen LogP contribution in [-0.2, 0) is 61.2 Å². The van der Waals surface area contributed by atoms with Gasteiger partial charge < -0.3 is 64.5 Å². The minimum Gasteiger partial charge on any atom is -0.501 e. The van der Waals surface area contributed by atoms with Crippen LogP contribution in [0, 0.1) is 46.8 Å². The van der Waals surface area contributed by atoms with Gasteiger partial charge in [0.1, 0.15) is 70.1 Å². The monoisotopic (exact) mass is 2140 g/mol. The highest BCUT2D eigenvalue weighted by Gasteiger charge is 2.49. The summed E-state index contributed by atoms with van der Waals surface area (Å²) in [5.74, 6) is -8.30. The Balaban J connectivity index is 0.000000251. The van der Waals surface area contributed by atoms with Gasteiger partial charge in [0.15, 0.2) is 0 Å². The number of urea groups is 2. The normalized spacial score (nSPS) is 15.6. The molecule has 10 aromatic rings. The van der Waals surface area contributed by atoms with Crippen LogP contribution in [0.1, 0.15) is 151 Å². The minimum atomic E-state index is -5.22. The molecule has 2 saturated carbocycles. The zero-order valence-electron chi connectivity index (χ0n) is 79.7. The molecular weight excluding hydrogens is 2040 g/mol. The van der Waals surface area contributed by atoms with Gasteiger partial charge in [0, 0.05) is 74.0 Å². The lowest BCUT2D eigenvalue weighted by Crippen LogP contribution is -2.56. The van der Waals surface area contributed by atoms with Crippen LogP contribution in [0.2, 0.25) is 0 Å². The van der Waals surface area contributed by atoms with Crippen molar-refractivity contribution in [1.82, 2.24) is 31.6 Å². The van der Waals surface area contributed by atoms with Crippen LogP contribution in [0.25, 0.3) is 0 Å². The number of carbonyl (C=O) groups excluding carboxylic acids is 4. The van der Waals surface area contributed by atoms with Crippen LogP contribution < -0.4 is 55.0 Å². The molecule has 12 rings (SSSR count). The van der Waals surface area contributed by atoms with E-state index < -0.39 is 166 Å². The van der Waals surface area contributed by atoms with Crippen molar-refractivity contribution < 1.29 is 172 Å². The number of nitrogens with zero attached hydrogens (tertiary/aromatic N) is 1. The quantitative estimate of drug-likeness (QED) is 0.00791. The Morgan fingerprint density at radius 3 is 1.35 bits per heavy atom. The van der Waals surface area contributed by atoms with E-state index in [1.165, 1.54) is 60.7 Å². The van der Waals surface area contributed by atoms with Gasteiger partial charge in [-0.3, -0.25) is 19.5 Å². The van der Waals surface area contributed by atoms with E-state index in [4.69, 9.17) is 23.8 Å². The number of alkyl halides is 20. The molecule has 2 aliphatic carbocycles. The fourth-order valence-corrected chi connectivity index (χ4v) is 16.7. The Morgan fingerprint density at radius 1 is 0.440 bits per heavy atom. The summed E-state index contributed by atoms with van der Waals surface area (Å²) in [7, 11) is 4.81. The van der Waals surface area contributed by atoms with Crippen molar-refractivity contribution in [2.24, 2.45) is 17.8 Å². The number of halogens is 25. The first kappa shape index (κ1) is 119. The summed E-state index contributed by atoms with van der Waals surface area (Å²) in [5, 5.41) is 13.8. The fraction of sp³-hybridized carbons (Fsp3) is 0.358. The molecule has 2 atom stereocenters. The van der Waals surface area contributed by atoms with E-state index in [9.17, 15) is 125 Å². The third kappa shape index (κ3) is 34.7. The number of nitrogens with one attached hydrogen (secondary N) is 5. The molecule has 0 radical (unpaired) electrons. The van der Waals surface area contributed by atoms with Crippen LogP contribution in [0.15, 0.2) is 255 Å². The van der Waals surface area contributed by atoms with Crippen LogP contribution in [0.4, 0.5) is 119 Å². The number of ether oxygens (including phenoxy) is 8. The van der Waals surface area contributed by atoms with E-state index in [1.54, 1.807) is 81.0 Å². The molecule has 0 unspecified atom stereocenters. The number of amides is 5. The number of hydroxylamine groups is 2. The summed E-state index contributed by atoms with van der Waals surface area (Å²) in [6, 6.07) is 41.9. The van der Waals surface area contributed by atoms with E-state index >= 15 is 4.39 Å². The maximum atomic E-state index is 15.2. The summed E-state index contributed by atoms with van der Waals surface area (Å²) in [5.41, 5.74) is -7.00. The maximum Gasteiger partial charge on any atom is 0.573 e. The smallest absolute Gasteiger partial charge is 0.501 e. The van der Waals surface area contributed by atoms with E-state index in [-0.39, 0.29) is 83.9 Å². The second-order valence-electron chi connectivity index (χ2n) is 34.7. The maximum absolute atomic E-state index is 15.2. The molecule has 2 aliphatic rings. The summed E-state index contributed by atoms with van der Waals surface area (Å²) in [6.45, 7) is 8.90. The van der Waals surface area contributed by atoms with Gasteiger partial charge in [-0.2, -0.15) is 61.5 Å². The summed E-state index contributed by atoms with van der Waals surface area (Å²) < 4.78 is 378. The van der Waals surface area contributed by atoms with E-state index in [2.05, 4.69) is 53.4 Å². The molecule has 44 heteroatoms. The van der Waals surface area contributed by atoms with Crippen molar-refractivity contribution in [3.63, 3.8) is 0 Å². The highest BCUT2D eigenvalue weighted by Crippen LogP contribution is 2.46. The SMILES string of the molecule is C.C=C(C1CC(NC(=O)N[C@](Cc2ccccc2)(c2ccc(F)cc2)c2cc(F)cc(OC(F)(F)C(F)F)c2)C1)N(C)OC.C=C(OC)C1CCC(COc2ccc(CC(NC(=O)NCC(F)(F)F)(c3cccc(OC(F)(F)F)c3)c3cccc(OC(F)(F)F)c3)cc2)CC1.CCOC(=O)CCCCCCOc1ccc(C[C@@](NC(=O)c2ccc(F)c(C(F)(F)F)c2)(c2ccc(F)cc2)c2cc(F)cc(OC(F)(F)C(F)F)c2)cc1. The number of unbranched alkanes of at least 4 members (excludes halogenated alkanes) is 3. The van der Waals surface area contributed by atoms with Crippen molar-refractivity contribution in [2.45, 2.75) is 177 Å². The third-order valence-electron chi connectivity index (χ3n) is 24.1. The lowest BCUT2D eigenvalue weighted by Gasteiger charge is -2.41. The van der Waals surface area contributed by atoms with Gasteiger partial charge in [0.2, 0.25) is 0 Å². The zero-order chi connectivity index (χ0) is 109. The van der Waals surface area contributed by atoms with Crippen molar-refractivity contribution >= 4 is 23.9 Å². The number of esters is 1. The topological polar surface area (TPSA) is 215 Å². The molecule has 2 fully saturated rings. The highest BCUT2D eigenvalue weighted by atomic mass is 19.4. The lowest BCUT2D eigenvalue weighted by molar-refractivity contribution is -0.275. The van der Waals surface area contributed by atoms with Crippen LogP contribution in [-0.4, -0.2) is 127 Å². The minimum absolute atomic E-state index is 0. The number of hydrogen-bond acceptors (Lipinski definition) is 14. The summed E-state index contributed by atoms with van der Waals surface area (Å²) >= 11 is 0. The van der Waals surface area contributed by atoms with Crippen molar-refractivity contribution in [3.8, 4) is 34.5 Å². The first-order valence-electron chi connectivity index (χ1n) is 45.9. The van der Waals surface area contributed by atoms with E-state index in [1.807, 2.05) is 0 Å². The molecule has 0 heterocycles. The number of carbonyl (C=O) groups is 4. The number of allylic oxidation sites excluding steroid dienone is 2. The first-order chi connectivity index (χ1) is 70.1. The Labute approximate surface area is 846 Å². The van der Waals surface area contributed by atoms with Crippen LogP contribution in [0.5, 0.6) is 34.5 Å². The summed E-state index contributed by atoms with van der Waals surface area (Å²) in [4.78, 5) is 57.0. The van der Waals surface area contributed by atoms with Crippen molar-refractivity contribution in [3.05, 3.63) is 345 Å². The molecule has 0 saturated heterocycles. The molecule has 0 spiro atoms. The third-order valence-corrected chi connectivity index (χ3v) is 24.1. The van der Waals surface area contributed by atoms with Gasteiger partial charge in [-0.15, -0.1) is 26.3 Å². The van der Waals surface area contributed by atoms with E-state index in [0.717, 1.165) is 153 Å². The van der Waals surface area contributed by atoms with Gasteiger partial charge in [-0.05, 0) is 230 Å². The molecule has 5 N–H and O–H groups in total. The van der Waals surface area contributed by atoms with Crippen molar-refractivity contribution in [1.29, 1.82) is 0 Å². The molecule has 0 aromatic heterocycles. The molecule has 5 amide bonds. The first-order valence-corrected chi connectivity index (χ1v) is 45.9. The molecule has 10 aromatic carbocycles. The second-order valence-corrected chi connectivity index (χ2v) is 34.7. The van der Waals surface area contributed by atoms with Crippen molar-refractivity contribution in [2.75, 3.05) is 47.6 Å². The molecule has 0 aliphatic heterocycles. The molecular formula is C106H105F25N6O13. The van der Waals surface area contributed by atoms with Gasteiger partial charge in [-0.25, -0.2) is 31.5 Å². The van der Waals surface area contributed by atoms with Gasteiger partial charge in [-0.1, -0.05) is 137 Å². The highest BCUT2D eigenvalue weighted by molar-refractivity contribution is 5.95. The predicted octanol–water partition coefficient (Wildman–Crippen LogP) is 26.8. The number of benzene rings is 10. The Hall–Kier alpha value is -14.2. The largest absolute Gasteiger partial charge is 0.573 e. The van der Waals surface area contributed by atoms with Gasteiger partial charge in [0.25, 0.3) is 5.91 Å². The van der Waals surface area contributed by atoms with Crippen LogP contribution in [0.3, 0.4) is 0 Å². The number of hydrogen-bond donors (Lipinski definition) is 5. The molecule has 812 valence electrons. The molecule has 150 heavy (non-hydrogen) atoms. The molecule has 0 bridgehead atoms. The lowest BCUT2D eigenvalue weighted by atomic mass is 9.77.